The average molecular weight is 298 g/mol. The van der Waals surface area contributed by atoms with Gasteiger partial charge in [-0.3, -0.25) is 0 Å². The fraction of sp³-hybridized carbons (Fsp3) is 0.235. The van der Waals surface area contributed by atoms with Crippen molar-refractivity contribution in [3.05, 3.63) is 63.7 Å². The van der Waals surface area contributed by atoms with Crippen molar-refractivity contribution in [2.24, 2.45) is 0 Å². The number of nitrogens with one attached hydrogen (secondary N) is 1. The van der Waals surface area contributed by atoms with Gasteiger partial charge in [-0.25, -0.2) is 4.39 Å². The normalized spacial score (nSPS) is 14.8. The minimum atomic E-state index is -0.194. The van der Waals surface area contributed by atoms with E-state index in [0.29, 0.717) is 16.4 Å². The second-order valence-electron chi connectivity index (χ2n) is 5.75. The predicted molar refractivity (Wildman–Crippen MR) is 84.7 cm³/mol. The van der Waals surface area contributed by atoms with Gasteiger partial charge in [0.05, 0.1) is 11.0 Å². The summed E-state index contributed by atoms with van der Waals surface area (Å²) in [6, 6.07) is 12.3. The molecule has 2 nitrogen and oxygen atoms in total. The molecule has 2 aromatic carbocycles. The van der Waals surface area contributed by atoms with E-state index in [9.17, 15) is 4.39 Å². The Hall–Kier alpha value is -1.94. The van der Waals surface area contributed by atoms with Gasteiger partial charge in [-0.05, 0) is 60.8 Å². The van der Waals surface area contributed by atoms with Gasteiger partial charge < -0.3 is 9.55 Å². The highest BCUT2D eigenvalue weighted by Gasteiger charge is 2.24. The summed E-state index contributed by atoms with van der Waals surface area (Å²) in [7, 11) is 0. The first-order valence-electron chi connectivity index (χ1n) is 7.10. The zero-order valence-corrected chi connectivity index (χ0v) is 12.5. The third-order valence-corrected chi connectivity index (χ3v) is 4.69. The van der Waals surface area contributed by atoms with Gasteiger partial charge in [-0.2, -0.15) is 0 Å². The monoisotopic (exact) mass is 298 g/mol. The number of H-pyrrole nitrogens is 1. The van der Waals surface area contributed by atoms with E-state index in [-0.39, 0.29) is 5.82 Å². The van der Waals surface area contributed by atoms with Crippen molar-refractivity contribution < 1.29 is 4.39 Å². The molecule has 4 rings (SSSR count). The van der Waals surface area contributed by atoms with Crippen molar-refractivity contribution >= 4 is 23.3 Å². The van der Waals surface area contributed by atoms with E-state index >= 15 is 0 Å². The lowest BCUT2D eigenvalue weighted by molar-refractivity contribution is 0.537. The highest BCUT2D eigenvalue weighted by molar-refractivity contribution is 7.71. The molecular weight excluding hydrogens is 283 g/mol. The van der Waals surface area contributed by atoms with Crippen LogP contribution in [0, 0.1) is 17.5 Å². The van der Waals surface area contributed by atoms with Gasteiger partial charge in [0.15, 0.2) is 4.77 Å². The van der Waals surface area contributed by atoms with Crippen LogP contribution in [0.4, 0.5) is 4.39 Å². The van der Waals surface area contributed by atoms with E-state index in [4.69, 9.17) is 12.2 Å². The maximum atomic E-state index is 13.7. The molecule has 0 radical (unpaired) electrons. The molecule has 0 atom stereocenters. The van der Waals surface area contributed by atoms with Crippen LogP contribution in [-0.2, 0) is 12.8 Å². The molecular formula is C17H15FN2S. The number of benzene rings is 2. The Kier molecular flexibility index (Phi) is 2.76. The van der Waals surface area contributed by atoms with Crippen LogP contribution in [0.15, 0.2) is 36.4 Å². The molecule has 4 heteroatoms. The fourth-order valence-corrected chi connectivity index (χ4v) is 3.69. The van der Waals surface area contributed by atoms with E-state index in [1.54, 1.807) is 13.0 Å². The molecule has 0 fully saturated rings. The van der Waals surface area contributed by atoms with Gasteiger partial charge in [-0.1, -0.05) is 24.3 Å². The number of fused-ring (bicyclic) bond motifs is 2. The van der Waals surface area contributed by atoms with Crippen LogP contribution >= 0.6 is 12.2 Å². The van der Waals surface area contributed by atoms with Crippen LogP contribution < -0.4 is 0 Å². The Balaban J connectivity index is 1.87. The zero-order chi connectivity index (χ0) is 14.6. The molecule has 0 aliphatic heterocycles. The van der Waals surface area contributed by atoms with E-state index < -0.39 is 0 Å². The molecule has 0 unspecified atom stereocenters. The highest BCUT2D eigenvalue weighted by Crippen LogP contribution is 2.33. The van der Waals surface area contributed by atoms with Gasteiger partial charge in [0.1, 0.15) is 5.82 Å². The van der Waals surface area contributed by atoms with Gasteiger partial charge in [0.25, 0.3) is 0 Å². The number of hydrogen-bond donors (Lipinski definition) is 1. The van der Waals surface area contributed by atoms with Crippen LogP contribution in [0.25, 0.3) is 11.0 Å². The topological polar surface area (TPSA) is 20.7 Å². The summed E-state index contributed by atoms with van der Waals surface area (Å²) in [6.45, 7) is 1.79. The average Bonchev–Trinajstić information content (AvgIpc) is 2.99. The Bertz CT molecular complexity index is 882. The molecule has 1 heterocycles. The van der Waals surface area contributed by atoms with Crippen molar-refractivity contribution in [2.75, 3.05) is 0 Å². The van der Waals surface area contributed by atoms with Crippen molar-refractivity contribution in [1.29, 1.82) is 0 Å². The molecule has 21 heavy (non-hydrogen) atoms. The summed E-state index contributed by atoms with van der Waals surface area (Å²) in [6.07, 6.45) is 1.96. The van der Waals surface area contributed by atoms with Crippen LogP contribution in [0.5, 0.6) is 0 Å². The number of aryl methyl sites for hydroxylation is 1. The van der Waals surface area contributed by atoms with Crippen molar-refractivity contribution in [2.45, 2.75) is 25.8 Å². The van der Waals surface area contributed by atoms with E-state index in [0.717, 1.165) is 23.9 Å². The van der Waals surface area contributed by atoms with Crippen LogP contribution in [0.2, 0.25) is 0 Å². The van der Waals surface area contributed by atoms with Gasteiger partial charge in [-0.15, -0.1) is 0 Å². The molecule has 1 aliphatic rings. The molecule has 3 aromatic rings. The van der Waals surface area contributed by atoms with Crippen molar-refractivity contribution in [1.82, 2.24) is 9.55 Å². The van der Waals surface area contributed by atoms with E-state index in [2.05, 4.69) is 33.8 Å². The van der Waals surface area contributed by atoms with E-state index in [1.807, 2.05) is 6.07 Å². The maximum Gasteiger partial charge on any atom is 0.178 e. The van der Waals surface area contributed by atoms with Crippen LogP contribution in [0.3, 0.4) is 0 Å². The number of imidazole rings is 1. The molecule has 0 saturated heterocycles. The first-order valence-corrected chi connectivity index (χ1v) is 7.51. The second-order valence-corrected chi connectivity index (χ2v) is 6.14. The quantitative estimate of drug-likeness (QED) is 0.657. The first-order chi connectivity index (χ1) is 10.1. The smallest absolute Gasteiger partial charge is 0.178 e. The number of hydrogen-bond acceptors (Lipinski definition) is 1. The third-order valence-electron chi connectivity index (χ3n) is 4.39. The summed E-state index contributed by atoms with van der Waals surface area (Å²) in [5, 5.41) is 0. The third kappa shape index (κ3) is 1.94. The standard InChI is InChI=1S/C17H15FN2S/c1-10-6-16-15(9-14(10)18)19-17(21)20(16)13-7-11-4-2-3-5-12(11)8-13/h2-6,9,13H,7-8H2,1H3,(H,19,21). The van der Waals surface area contributed by atoms with Crippen LogP contribution in [-0.4, -0.2) is 9.55 Å². The van der Waals surface area contributed by atoms with Crippen molar-refractivity contribution in [3.8, 4) is 0 Å². The predicted octanol–water partition coefficient (Wildman–Crippen LogP) is 4.49. The molecule has 106 valence electrons. The summed E-state index contributed by atoms with van der Waals surface area (Å²) < 4.78 is 16.5. The van der Waals surface area contributed by atoms with Crippen LogP contribution in [0.1, 0.15) is 22.7 Å². The maximum absolute atomic E-state index is 13.7. The van der Waals surface area contributed by atoms with Gasteiger partial charge >= 0.3 is 0 Å². The highest BCUT2D eigenvalue weighted by atomic mass is 32.1. The molecule has 1 aliphatic carbocycles. The number of aromatic amines is 1. The molecule has 0 amide bonds. The number of aromatic nitrogens is 2. The van der Waals surface area contributed by atoms with Gasteiger partial charge in [0.2, 0.25) is 0 Å². The number of nitrogens with zero attached hydrogens (tertiary/aromatic N) is 1. The molecule has 1 N–H and O–H groups in total. The minimum absolute atomic E-state index is 0.194. The second kappa shape index (κ2) is 4.53. The van der Waals surface area contributed by atoms with E-state index in [1.165, 1.54) is 11.1 Å². The first kappa shape index (κ1) is 12.8. The molecule has 0 spiro atoms. The fourth-order valence-electron chi connectivity index (χ4n) is 3.33. The number of halogens is 1. The lowest BCUT2D eigenvalue weighted by Crippen LogP contribution is -2.09. The SMILES string of the molecule is Cc1cc2c(cc1F)[nH]c(=S)n2C1Cc2ccccc2C1. The number of rotatable bonds is 1. The summed E-state index contributed by atoms with van der Waals surface area (Å²) in [4.78, 5) is 3.14. The summed E-state index contributed by atoms with van der Waals surface area (Å²) in [5.41, 5.74) is 5.20. The largest absolute Gasteiger partial charge is 0.330 e. The van der Waals surface area contributed by atoms with Crippen molar-refractivity contribution in [3.63, 3.8) is 0 Å². The molecule has 1 aromatic heterocycles. The Morgan fingerprint density at radius 3 is 2.52 bits per heavy atom. The zero-order valence-electron chi connectivity index (χ0n) is 11.7. The summed E-state index contributed by atoms with van der Waals surface area (Å²) >= 11 is 5.47. The Morgan fingerprint density at radius 2 is 1.86 bits per heavy atom. The summed E-state index contributed by atoms with van der Waals surface area (Å²) in [5.74, 6) is -0.194. The Morgan fingerprint density at radius 1 is 1.19 bits per heavy atom. The Labute approximate surface area is 127 Å². The molecule has 0 saturated carbocycles. The van der Waals surface area contributed by atoms with Gasteiger partial charge in [0, 0.05) is 6.04 Å². The minimum Gasteiger partial charge on any atom is -0.330 e. The lowest BCUT2D eigenvalue weighted by Gasteiger charge is -2.13. The lowest BCUT2D eigenvalue weighted by atomic mass is 10.1. The molecule has 0 bridgehead atoms.